The summed E-state index contributed by atoms with van der Waals surface area (Å²) in [6.07, 6.45) is 0.182. The fourth-order valence-corrected chi connectivity index (χ4v) is 3.11. The minimum absolute atomic E-state index is 0.0278. The maximum atomic E-state index is 12.2. The fourth-order valence-electron chi connectivity index (χ4n) is 2.18. The first-order valence-electron chi connectivity index (χ1n) is 6.50. The Kier molecular flexibility index (Phi) is 6.48. The van der Waals surface area contributed by atoms with Gasteiger partial charge >= 0.3 is 5.97 Å². The standard InChI is InChI=1S/C13H21NO5S/c1-7(10(8(2)18-3)12(16)19-4)11(15)14-9-5-6-20-13(9)17/h7-10H,5-6H2,1-4H3,(H,14,15). The van der Waals surface area contributed by atoms with E-state index in [0.29, 0.717) is 12.2 Å². The minimum atomic E-state index is -0.700. The molecule has 1 fully saturated rings. The van der Waals surface area contributed by atoms with Crippen LogP contribution in [-0.2, 0) is 23.9 Å². The quantitative estimate of drug-likeness (QED) is 0.724. The molecule has 0 saturated carbocycles. The predicted octanol–water partition coefficient (Wildman–Crippen LogP) is 0.595. The van der Waals surface area contributed by atoms with Gasteiger partial charge in [-0.05, 0) is 13.3 Å². The lowest BCUT2D eigenvalue weighted by Crippen LogP contribution is -2.46. The molecule has 114 valence electrons. The van der Waals surface area contributed by atoms with Crippen LogP contribution >= 0.6 is 11.8 Å². The number of amides is 1. The van der Waals surface area contributed by atoms with Gasteiger partial charge < -0.3 is 14.8 Å². The maximum absolute atomic E-state index is 12.2. The molecule has 4 atom stereocenters. The highest BCUT2D eigenvalue weighted by Crippen LogP contribution is 2.23. The van der Waals surface area contributed by atoms with Gasteiger partial charge in [-0.15, -0.1) is 0 Å². The minimum Gasteiger partial charge on any atom is -0.469 e. The average molecular weight is 303 g/mol. The first-order chi connectivity index (χ1) is 9.42. The molecule has 0 aromatic rings. The monoisotopic (exact) mass is 303 g/mol. The lowest BCUT2D eigenvalue weighted by Gasteiger charge is -2.26. The molecule has 1 aliphatic rings. The van der Waals surface area contributed by atoms with Crippen molar-refractivity contribution in [2.75, 3.05) is 20.0 Å². The number of rotatable bonds is 6. The van der Waals surface area contributed by atoms with E-state index < -0.39 is 30.0 Å². The van der Waals surface area contributed by atoms with Crippen LogP contribution in [0.4, 0.5) is 0 Å². The maximum Gasteiger partial charge on any atom is 0.312 e. The van der Waals surface area contributed by atoms with E-state index in [-0.39, 0.29) is 11.0 Å². The Hall–Kier alpha value is -1.08. The number of hydrogen-bond donors (Lipinski definition) is 1. The molecule has 1 saturated heterocycles. The van der Waals surface area contributed by atoms with Gasteiger partial charge in [0.1, 0.15) is 0 Å². The second-order valence-corrected chi connectivity index (χ2v) is 5.90. The summed E-state index contributed by atoms with van der Waals surface area (Å²) in [5.41, 5.74) is 0. The summed E-state index contributed by atoms with van der Waals surface area (Å²) in [6.45, 7) is 3.35. The highest BCUT2D eigenvalue weighted by Gasteiger charge is 2.37. The molecule has 1 rings (SSSR count). The largest absolute Gasteiger partial charge is 0.469 e. The molecule has 20 heavy (non-hydrogen) atoms. The van der Waals surface area contributed by atoms with E-state index in [1.165, 1.54) is 26.0 Å². The van der Waals surface area contributed by atoms with Crippen molar-refractivity contribution >= 4 is 28.8 Å². The average Bonchev–Trinajstić information content (AvgIpc) is 2.83. The number of thioether (sulfide) groups is 1. The number of nitrogens with one attached hydrogen (secondary N) is 1. The first kappa shape index (κ1) is 17.0. The van der Waals surface area contributed by atoms with Crippen LogP contribution in [0.1, 0.15) is 20.3 Å². The van der Waals surface area contributed by atoms with Crippen LogP contribution in [0.5, 0.6) is 0 Å². The molecule has 1 amide bonds. The lowest BCUT2D eigenvalue weighted by atomic mass is 9.88. The van der Waals surface area contributed by atoms with Crippen molar-refractivity contribution < 1.29 is 23.9 Å². The molecule has 7 heteroatoms. The third kappa shape index (κ3) is 3.96. The van der Waals surface area contributed by atoms with E-state index in [0.717, 1.165) is 0 Å². The van der Waals surface area contributed by atoms with Crippen LogP contribution in [0.25, 0.3) is 0 Å². The summed E-state index contributed by atoms with van der Waals surface area (Å²) in [4.78, 5) is 35.5. The SMILES string of the molecule is COC(=O)C(C(C)OC)C(C)C(=O)NC1CCSC1=O. The number of hydrogen-bond acceptors (Lipinski definition) is 6. The predicted molar refractivity (Wildman–Crippen MR) is 75.2 cm³/mol. The highest BCUT2D eigenvalue weighted by atomic mass is 32.2. The number of carbonyl (C=O) groups is 3. The van der Waals surface area contributed by atoms with Crippen molar-refractivity contribution in [2.24, 2.45) is 11.8 Å². The van der Waals surface area contributed by atoms with E-state index in [2.05, 4.69) is 5.32 Å². The number of carbonyl (C=O) groups excluding carboxylic acids is 3. The number of methoxy groups -OCH3 is 2. The van der Waals surface area contributed by atoms with Crippen LogP contribution in [0, 0.1) is 11.8 Å². The Morgan fingerprint density at radius 2 is 2.00 bits per heavy atom. The molecule has 0 radical (unpaired) electrons. The molecule has 1 aliphatic heterocycles. The molecule has 0 spiro atoms. The summed E-state index contributed by atoms with van der Waals surface area (Å²) in [6, 6.07) is -0.453. The molecule has 1 heterocycles. The molecule has 6 nitrogen and oxygen atoms in total. The van der Waals surface area contributed by atoms with Gasteiger partial charge in [-0.2, -0.15) is 0 Å². The Bertz CT molecular complexity index is 387. The van der Waals surface area contributed by atoms with Crippen LogP contribution in [0.15, 0.2) is 0 Å². The van der Waals surface area contributed by atoms with Crippen LogP contribution in [0.2, 0.25) is 0 Å². The second-order valence-electron chi connectivity index (χ2n) is 4.80. The van der Waals surface area contributed by atoms with Crippen molar-refractivity contribution in [3.8, 4) is 0 Å². The topological polar surface area (TPSA) is 81.7 Å². The van der Waals surface area contributed by atoms with Crippen molar-refractivity contribution in [3.63, 3.8) is 0 Å². The summed E-state index contributed by atoms with van der Waals surface area (Å²) in [5.74, 6) is -1.43. The number of ether oxygens (including phenoxy) is 2. The molecule has 0 bridgehead atoms. The van der Waals surface area contributed by atoms with E-state index in [1.807, 2.05) is 0 Å². The van der Waals surface area contributed by atoms with Gasteiger partial charge in [0.05, 0.1) is 31.1 Å². The fraction of sp³-hybridized carbons (Fsp3) is 0.769. The third-order valence-electron chi connectivity index (χ3n) is 3.55. The third-order valence-corrected chi connectivity index (χ3v) is 4.56. The van der Waals surface area contributed by atoms with E-state index >= 15 is 0 Å². The highest BCUT2D eigenvalue weighted by molar-refractivity contribution is 8.14. The van der Waals surface area contributed by atoms with Crippen LogP contribution in [0.3, 0.4) is 0 Å². The van der Waals surface area contributed by atoms with Crippen molar-refractivity contribution in [2.45, 2.75) is 32.4 Å². The summed E-state index contributed by atoms with van der Waals surface area (Å²) in [5, 5.41) is 2.67. The van der Waals surface area contributed by atoms with E-state index in [9.17, 15) is 14.4 Å². The summed E-state index contributed by atoms with van der Waals surface area (Å²) in [7, 11) is 2.75. The zero-order chi connectivity index (χ0) is 15.3. The van der Waals surface area contributed by atoms with E-state index in [1.54, 1.807) is 13.8 Å². The molecule has 4 unspecified atom stereocenters. The van der Waals surface area contributed by atoms with Gasteiger partial charge in [0.15, 0.2) is 0 Å². The first-order valence-corrected chi connectivity index (χ1v) is 7.48. The zero-order valence-corrected chi connectivity index (χ0v) is 13.0. The zero-order valence-electron chi connectivity index (χ0n) is 12.2. The van der Waals surface area contributed by atoms with Crippen LogP contribution < -0.4 is 5.32 Å². The molecule has 0 aromatic carbocycles. The smallest absolute Gasteiger partial charge is 0.312 e. The van der Waals surface area contributed by atoms with Crippen molar-refractivity contribution in [3.05, 3.63) is 0 Å². The Balaban J connectivity index is 2.72. The lowest BCUT2D eigenvalue weighted by molar-refractivity contribution is -0.155. The van der Waals surface area contributed by atoms with Gasteiger partial charge in [0.2, 0.25) is 11.0 Å². The van der Waals surface area contributed by atoms with Gasteiger partial charge in [-0.25, -0.2) is 0 Å². The molecule has 1 N–H and O–H groups in total. The van der Waals surface area contributed by atoms with Crippen LogP contribution in [-0.4, -0.2) is 49.1 Å². The van der Waals surface area contributed by atoms with Gasteiger partial charge in [0, 0.05) is 12.9 Å². The van der Waals surface area contributed by atoms with Gasteiger partial charge in [0.25, 0.3) is 0 Å². The second kappa shape index (κ2) is 7.64. The molecular weight excluding hydrogens is 282 g/mol. The van der Waals surface area contributed by atoms with Gasteiger partial charge in [-0.1, -0.05) is 18.7 Å². The molecule has 0 aromatic heterocycles. The van der Waals surface area contributed by atoms with Crippen molar-refractivity contribution in [1.29, 1.82) is 0 Å². The summed E-state index contributed by atoms with van der Waals surface area (Å²) < 4.78 is 9.87. The summed E-state index contributed by atoms with van der Waals surface area (Å²) >= 11 is 1.22. The number of esters is 1. The Morgan fingerprint density at radius 3 is 2.45 bits per heavy atom. The van der Waals surface area contributed by atoms with Crippen molar-refractivity contribution in [1.82, 2.24) is 5.32 Å². The normalized spacial score (nSPS) is 23.0. The van der Waals surface area contributed by atoms with E-state index in [4.69, 9.17) is 9.47 Å². The Labute approximate surface area is 122 Å². The molecular formula is C13H21NO5S. The Morgan fingerprint density at radius 1 is 1.35 bits per heavy atom. The van der Waals surface area contributed by atoms with Gasteiger partial charge in [-0.3, -0.25) is 14.4 Å². The molecule has 0 aliphatic carbocycles.